The van der Waals surface area contributed by atoms with Gasteiger partial charge in [-0.3, -0.25) is 14.2 Å². The first-order chi connectivity index (χ1) is 24.3. The summed E-state index contributed by atoms with van der Waals surface area (Å²) in [4.78, 5) is 31.3. The highest BCUT2D eigenvalue weighted by Gasteiger charge is 2.43. The normalized spacial score (nSPS) is 17.8. The molecule has 0 saturated heterocycles. The summed E-state index contributed by atoms with van der Waals surface area (Å²) in [5.74, 6) is -0.614. The maximum Gasteiger partial charge on any atom is 0.253 e. The molecule has 7 rings (SSSR count). The number of nitrogens with one attached hydrogen (secondary N) is 1. The Morgan fingerprint density at radius 1 is 0.940 bits per heavy atom. The quantitative estimate of drug-likeness (QED) is 0.154. The molecule has 2 heterocycles. The molecule has 1 N–H and O–H groups in total. The van der Waals surface area contributed by atoms with Crippen molar-refractivity contribution in [2.24, 2.45) is 11.0 Å². The van der Waals surface area contributed by atoms with Crippen molar-refractivity contribution in [2.45, 2.75) is 37.0 Å². The number of amides is 2. The van der Waals surface area contributed by atoms with Gasteiger partial charge in [0.25, 0.3) is 11.8 Å². The van der Waals surface area contributed by atoms with E-state index in [1.807, 2.05) is 71.4 Å². The van der Waals surface area contributed by atoms with E-state index >= 15 is 0 Å². The van der Waals surface area contributed by atoms with E-state index in [1.54, 1.807) is 41.5 Å². The van der Waals surface area contributed by atoms with Crippen LogP contribution in [0.5, 0.6) is 0 Å². The Morgan fingerprint density at radius 3 is 2.40 bits per heavy atom. The molecule has 50 heavy (non-hydrogen) atoms. The lowest BCUT2D eigenvalue weighted by atomic mass is 9.77. The zero-order valence-electron chi connectivity index (χ0n) is 26.8. The Hall–Kier alpha value is -4.70. The third-order valence-corrected chi connectivity index (χ3v) is 10.4. The summed E-state index contributed by atoms with van der Waals surface area (Å²) in [5, 5.41) is 11.4. The van der Waals surface area contributed by atoms with Crippen LogP contribution in [0.1, 0.15) is 52.4 Å². The van der Waals surface area contributed by atoms with Crippen molar-refractivity contribution >= 4 is 58.6 Å². The fourth-order valence-corrected chi connectivity index (χ4v) is 7.52. The van der Waals surface area contributed by atoms with E-state index in [-0.39, 0.29) is 41.9 Å². The number of benzene rings is 4. The highest BCUT2D eigenvalue weighted by atomic mass is 35.5. The number of hydrogen-bond donors (Lipinski definition) is 1. The number of carbonyl (C=O) groups excluding carboxylic acids is 2. The van der Waals surface area contributed by atoms with Gasteiger partial charge in [0.2, 0.25) is 0 Å². The molecule has 0 radical (unpaired) electrons. The third kappa shape index (κ3) is 7.40. The van der Waals surface area contributed by atoms with Gasteiger partial charge in [-0.15, -0.1) is 0 Å². The number of imidazole rings is 1. The molecular weight excluding hydrogens is 692 g/mol. The maximum atomic E-state index is 14.0. The monoisotopic (exact) mass is 723 g/mol. The van der Waals surface area contributed by atoms with Crippen LogP contribution in [0.25, 0.3) is 11.8 Å². The predicted octanol–water partition coefficient (Wildman–Crippen LogP) is 9.16. The summed E-state index contributed by atoms with van der Waals surface area (Å²) in [6.07, 6.45) is 8.44. The number of thioether (sulfide) groups is 1. The molecular formula is C39H32Cl2FN5O2S. The number of nitrogens with zero attached hydrogens (tertiary/aromatic N) is 4. The minimum Gasteiger partial charge on any atom is -0.348 e. The second kappa shape index (κ2) is 15.0. The Morgan fingerprint density at radius 2 is 1.66 bits per heavy atom. The maximum absolute atomic E-state index is 14.0. The average molecular weight is 725 g/mol. The second-order valence-corrected chi connectivity index (χ2v) is 13.9. The minimum atomic E-state index is -0.362. The fourth-order valence-electron chi connectivity index (χ4n) is 6.44. The predicted molar refractivity (Wildman–Crippen MR) is 197 cm³/mol. The van der Waals surface area contributed by atoms with Gasteiger partial charge in [0.15, 0.2) is 5.16 Å². The molecule has 1 aromatic heterocycles. The van der Waals surface area contributed by atoms with Crippen LogP contribution in [0.2, 0.25) is 10.0 Å². The van der Waals surface area contributed by atoms with E-state index in [9.17, 15) is 14.0 Å². The second-order valence-electron chi connectivity index (χ2n) is 12.1. The molecule has 2 amide bonds. The van der Waals surface area contributed by atoms with Crippen molar-refractivity contribution in [3.8, 4) is 5.69 Å². The van der Waals surface area contributed by atoms with E-state index in [0.29, 0.717) is 26.3 Å². The fraction of sp³-hybridized carbons (Fsp3) is 0.179. The van der Waals surface area contributed by atoms with Gasteiger partial charge in [0.05, 0.1) is 17.5 Å². The first kappa shape index (κ1) is 33.8. The van der Waals surface area contributed by atoms with Crippen molar-refractivity contribution < 1.29 is 14.0 Å². The summed E-state index contributed by atoms with van der Waals surface area (Å²) < 4.78 is 15.8. The van der Waals surface area contributed by atoms with Crippen LogP contribution in [0.15, 0.2) is 125 Å². The Labute approximate surface area is 303 Å². The van der Waals surface area contributed by atoms with Crippen LogP contribution in [-0.2, 0) is 11.3 Å². The molecule has 7 nitrogen and oxygen atoms in total. The lowest BCUT2D eigenvalue weighted by Gasteiger charge is -2.29. The standard InChI is InChI=1S/C39H32Cl2FN5O2S/c40-30-14-8-25(9-15-30)22-28-5-3-6-33-36(28)45-47(37(33)26-10-16-31(41)17-11-26)35(48)24-50-39-43-20-21-46(39)32-18-12-27(13-19-32)38(49)44-23-29-4-1-2-7-34(29)42/h1-2,4,7-22,33,37H,3,5-6,23-24H2,(H,44,49)/b28-22-. The largest absolute Gasteiger partial charge is 0.348 e. The Kier molecular flexibility index (Phi) is 10.2. The van der Waals surface area contributed by atoms with Crippen molar-refractivity contribution in [3.05, 3.63) is 153 Å². The van der Waals surface area contributed by atoms with Crippen LogP contribution in [0.3, 0.4) is 0 Å². The smallest absolute Gasteiger partial charge is 0.253 e. The SMILES string of the molecule is O=C(NCc1ccccc1F)c1ccc(-n2ccnc2SCC(=O)N2N=C3/C(=C\c4ccc(Cl)cc4)CCCC3C2c2ccc(Cl)cc2)cc1. The number of fused-ring (bicyclic) bond motifs is 1. The van der Waals surface area contributed by atoms with Gasteiger partial charge in [-0.05, 0) is 96.6 Å². The number of allylic oxidation sites excluding steroid dienone is 1. The van der Waals surface area contributed by atoms with Gasteiger partial charge < -0.3 is 5.32 Å². The van der Waals surface area contributed by atoms with E-state index in [0.717, 1.165) is 47.4 Å². The van der Waals surface area contributed by atoms with E-state index in [4.69, 9.17) is 28.3 Å². The lowest BCUT2D eigenvalue weighted by Crippen LogP contribution is -2.32. The van der Waals surface area contributed by atoms with Crippen molar-refractivity contribution in [3.63, 3.8) is 0 Å². The molecule has 1 aliphatic carbocycles. The van der Waals surface area contributed by atoms with Gasteiger partial charge in [-0.1, -0.05) is 77.4 Å². The topological polar surface area (TPSA) is 79.6 Å². The summed E-state index contributed by atoms with van der Waals surface area (Å²) >= 11 is 13.7. The van der Waals surface area contributed by atoms with E-state index in [1.165, 1.54) is 17.8 Å². The highest BCUT2D eigenvalue weighted by molar-refractivity contribution is 7.99. The van der Waals surface area contributed by atoms with Crippen LogP contribution in [0, 0.1) is 11.7 Å². The zero-order chi connectivity index (χ0) is 34.6. The molecule has 0 bridgehead atoms. The van der Waals surface area contributed by atoms with Gasteiger partial charge in [-0.2, -0.15) is 5.10 Å². The number of carbonyl (C=O) groups is 2. The molecule has 1 aliphatic heterocycles. The first-order valence-electron chi connectivity index (χ1n) is 16.2. The van der Waals surface area contributed by atoms with Crippen LogP contribution in [0.4, 0.5) is 4.39 Å². The first-order valence-corrected chi connectivity index (χ1v) is 18.0. The molecule has 5 aromatic rings. The molecule has 252 valence electrons. The summed E-state index contributed by atoms with van der Waals surface area (Å²) in [7, 11) is 0. The van der Waals surface area contributed by atoms with E-state index in [2.05, 4.69) is 16.4 Å². The van der Waals surface area contributed by atoms with Crippen LogP contribution in [-0.4, -0.2) is 37.8 Å². The summed E-state index contributed by atoms with van der Waals surface area (Å²) in [6, 6.07) is 28.5. The number of hydrogen-bond acceptors (Lipinski definition) is 5. The molecule has 2 aliphatic rings. The molecule has 2 atom stereocenters. The van der Waals surface area contributed by atoms with Crippen LogP contribution >= 0.6 is 35.0 Å². The summed E-state index contributed by atoms with van der Waals surface area (Å²) in [5.41, 5.74) is 5.76. The van der Waals surface area contributed by atoms with Crippen LogP contribution < -0.4 is 5.32 Å². The summed E-state index contributed by atoms with van der Waals surface area (Å²) in [6.45, 7) is 0.0890. The molecule has 11 heteroatoms. The number of halogens is 3. The molecule has 4 aromatic carbocycles. The Balaban J connectivity index is 1.07. The van der Waals surface area contributed by atoms with Crippen molar-refractivity contribution in [2.75, 3.05) is 5.75 Å². The molecule has 0 spiro atoms. The number of hydrazone groups is 1. The highest BCUT2D eigenvalue weighted by Crippen LogP contribution is 2.45. The van der Waals surface area contributed by atoms with E-state index < -0.39 is 0 Å². The van der Waals surface area contributed by atoms with Crippen molar-refractivity contribution in [1.29, 1.82) is 0 Å². The molecule has 1 saturated carbocycles. The average Bonchev–Trinajstić information content (AvgIpc) is 3.77. The number of rotatable bonds is 9. The molecule has 2 unspecified atom stereocenters. The number of aromatic nitrogens is 2. The third-order valence-electron chi connectivity index (χ3n) is 8.92. The zero-order valence-corrected chi connectivity index (χ0v) is 29.1. The lowest BCUT2D eigenvalue weighted by molar-refractivity contribution is -0.130. The van der Waals surface area contributed by atoms with Gasteiger partial charge >= 0.3 is 0 Å². The van der Waals surface area contributed by atoms with Gasteiger partial charge in [0.1, 0.15) is 5.82 Å². The van der Waals surface area contributed by atoms with Crippen molar-refractivity contribution in [1.82, 2.24) is 19.9 Å². The van der Waals surface area contributed by atoms with Gasteiger partial charge in [0, 0.05) is 51.7 Å². The Bertz CT molecular complexity index is 2080. The minimum absolute atomic E-state index is 0.0573. The molecule has 1 fully saturated rings. The van der Waals surface area contributed by atoms with Gasteiger partial charge in [-0.25, -0.2) is 14.4 Å².